The second-order valence-electron chi connectivity index (χ2n) is 5.19. The van der Waals surface area contributed by atoms with E-state index in [1.54, 1.807) is 0 Å². The number of nitrogens with two attached hydrogens (primary N) is 1. The lowest BCUT2D eigenvalue weighted by molar-refractivity contribution is 0.0576. The highest BCUT2D eigenvalue weighted by Crippen LogP contribution is 2.19. The zero-order valence-electron chi connectivity index (χ0n) is 11.3. The zero-order chi connectivity index (χ0) is 13.0. The fraction of sp³-hybridized carbons (Fsp3) is 0.643. The van der Waals surface area contributed by atoms with Gasteiger partial charge in [-0.15, -0.1) is 0 Å². The van der Waals surface area contributed by atoms with Gasteiger partial charge in [-0.1, -0.05) is 0 Å². The van der Waals surface area contributed by atoms with E-state index in [-0.39, 0.29) is 6.04 Å². The summed E-state index contributed by atoms with van der Waals surface area (Å²) < 4.78 is 5.51. The third-order valence-corrected chi connectivity index (χ3v) is 3.46. The highest BCUT2D eigenvalue weighted by molar-refractivity contribution is 5.43. The van der Waals surface area contributed by atoms with Crippen LogP contribution in [0.15, 0.2) is 18.3 Å². The number of pyridine rings is 1. The Labute approximate surface area is 109 Å². The average Bonchev–Trinajstić information content (AvgIpc) is 2.40. The second kappa shape index (κ2) is 6.16. The minimum Gasteiger partial charge on any atom is -0.381 e. The number of anilines is 1. The third kappa shape index (κ3) is 3.43. The fourth-order valence-corrected chi connectivity index (χ4v) is 2.34. The van der Waals surface area contributed by atoms with Crippen LogP contribution in [0.5, 0.6) is 0 Å². The second-order valence-corrected chi connectivity index (χ2v) is 5.19. The van der Waals surface area contributed by atoms with Gasteiger partial charge in [0.15, 0.2) is 0 Å². The first-order chi connectivity index (χ1) is 8.66. The van der Waals surface area contributed by atoms with Crippen molar-refractivity contribution in [3.8, 4) is 0 Å². The molecule has 0 aromatic carbocycles. The molecule has 1 aliphatic heterocycles. The lowest BCUT2D eigenvalue weighted by atomic mass is 10.0. The summed E-state index contributed by atoms with van der Waals surface area (Å²) in [6, 6.07) is 4.10. The topological polar surface area (TPSA) is 51.4 Å². The van der Waals surface area contributed by atoms with Crippen molar-refractivity contribution in [2.24, 2.45) is 11.7 Å². The zero-order valence-corrected chi connectivity index (χ0v) is 11.3. The van der Waals surface area contributed by atoms with Crippen LogP contribution in [-0.4, -0.2) is 31.8 Å². The standard InChI is InChI=1S/C14H23N3O/c1-11(15)14-6-5-13(8-16-14)17(2)9-12-4-3-7-18-10-12/h5-6,8,11-12H,3-4,7,9-10,15H2,1-2H3/t11-,12?/m1/s1. The van der Waals surface area contributed by atoms with Crippen molar-refractivity contribution in [1.29, 1.82) is 0 Å². The highest BCUT2D eigenvalue weighted by atomic mass is 16.5. The molecule has 0 spiro atoms. The van der Waals surface area contributed by atoms with Gasteiger partial charge in [0, 0.05) is 26.2 Å². The molecule has 0 aliphatic carbocycles. The Hall–Kier alpha value is -1.13. The van der Waals surface area contributed by atoms with Gasteiger partial charge >= 0.3 is 0 Å². The molecule has 100 valence electrons. The molecule has 2 atom stereocenters. The van der Waals surface area contributed by atoms with E-state index in [2.05, 4.69) is 23.0 Å². The summed E-state index contributed by atoms with van der Waals surface area (Å²) in [4.78, 5) is 6.64. The maximum absolute atomic E-state index is 5.80. The maximum atomic E-state index is 5.80. The fourth-order valence-electron chi connectivity index (χ4n) is 2.34. The Morgan fingerprint density at radius 1 is 1.56 bits per heavy atom. The number of aromatic nitrogens is 1. The van der Waals surface area contributed by atoms with Crippen molar-refractivity contribution in [2.75, 3.05) is 31.7 Å². The van der Waals surface area contributed by atoms with Crippen LogP contribution in [0.2, 0.25) is 0 Å². The van der Waals surface area contributed by atoms with Crippen LogP contribution < -0.4 is 10.6 Å². The normalized spacial score (nSPS) is 21.6. The maximum Gasteiger partial charge on any atom is 0.0569 e. The first-order valence-corrected chi connectivity index (χ1v) is 6.67. The number of rotatable bonds is 4. The Morgan fingerprint density at radius 3 is 2.94 bits per heavy atom. The summed E-state index contributed by atoms with van der Waals surface area (Å²) in [5.41, 5.74) is 7.88. The molecule has 1 aliphatic rings. The molecule has 4 heteroatoms. The molecule has 1 aromatic rings. The van der Waals surface area contributed by atoms with E-state index in [1.165, 1.54) is 12.8 Å². The van der Waals surface area contributed by atoms with Crippen molar-refractivity contribution < 1.29 is 4.74 Å². The lowest BCUT2D eigenvalue weighted by Crippen LogP contribution is -2.30. The Kier molecular flexibility index (Phi) is 4.55. The lowest BCUT2D eigenvalue weighted by Gasteiger charge is -2.28. The van der Waals surface area contributed by atoms with Gasteiger partial charge in [-0.3, -0.25) is 4.98 Å². The molecule has 0 saturated carbocycles. The SMILES string of the molecule is C[C@@H](N)c1ccc(N(C)CC2CCCOC2)cn1. The van der Waals surface area contributed by atoms with Gasteiger partial charge in [0.2, 0.25) is 0 Å². The first-order valence-electron chi connectivity index (χ1n) is 6.67. The van der Waals surface area contributed by atoms with E-state index in [0.29, 0.717) is 5.92 Å². The first kappa shape index (κ1) is 13.3. The van der Waals surface area contributed by atoms with Crippen LogP contribution in [-0.2, 0) is 4.74 Å². The number of hydrogen-bond donors (Lipinski definition) is 1. The molecule has 2 heterocycles. The summed E-state index contributed by atoms with van der Waals surface area (Å²) >= 11 is 0. The summed E-state index contributed by atoms with van der Waals surface area (Å²) in [5, 5.41) is 0. The molecule has 18 heavy (non-hydrogen) atoms. The van der Waals surface area contributed by atoms with Crippen LogP contribution in [0.3, 0.4) is 0 Å². The minimum atomic E-state index is -0.00361. The Bertz CT molecular complexity index is 358. The molecule has 1 aromatic heterocycles. The molecule has 4 nitrogen and oxygen atoms in total. The van der Waals surface area contributed by atoms with Crippen LogP contribution in [0, 0.1) is 5.92 Å². The van der Waals surface area contributed by atoms with E-state index < -0.39 is 0 Å². The molecular weight excluding hydrogens is 226 g/mol. The van der Waals surface area contributed by atoms with E-state index in [1.807, 2.05) is 19.2 Å². The molecule has 0 radical (unpaired) electrons. The molecule has 1 saturated heterocycles. The summed E-state index contributed by atoms with van der Waals surface area (Å²) in [5.74, 6) is 0.636. The number of ether oxygens (including phenoxy) is 1. The van der Waals surface area contributed by atoms with Crippen molar-refractivity contribution in [3.63, 3.8) is 0 Å². The van der Waals surface area contributed by atoms with Crippen molar-refractivity contribution in [3.05, 3.63) is 24.0 Å². The van der Waals surface area contributed by atoms with Crippen molar-refractivity contribution in [2.45, 2.75) is 25.8 Å². The molecular formula is C14H23N3O. The largest absolute Gasteiger partial charge is 0.381 e. The summed E-state index contributed by atoms with van der Waals surface area (Å²) in [6.45, 7) is 4.78. The number of nitrogens with zero attached hydrogens (tertiary/aromatic N) is 2. The van der Waals surface area contributed by atoms with E-state index in [4.69, 9.17) is 10.5 Å². The highest BCUT2D eigenvalue weighted by Gasteiger charge is 2.16. The smallest absolute Gasteiger partial charge is 0.0569 e. The third-order valence-electron chi connectivity index (χ3n) is 3.46. The average molecular weight is 249 g/mol. The predicted molar refractivity (Wildman–Crippen MR) is 73.7 cm³/mol. The van der Waals surface area contributed by atoms with Gasteiger partial charge in [0.05, 0.1) is 24.2 Å². The van der Waals surface area contributed by atoms with Crippen LogP contribution in [0.1, 0.15) is 31.5 Å². The molecule has 2 N–H and O–H groups in total. The van der Waals surface area contributed by atoms with E-state index in [0.717, 1.165) is 31.1 Å². The molecule has 1 unspecified atom stereocenters. The molecule has 0 bridgehead atoms. The number of hydrogen-bond acceptors (Lipinski definition) is 4. The van der Waals surface area contributed by atoms with Crippen LogP contribution in [0.25, 0.3) is 0 Å². The van der Waals surface area contributed by atoms with Crippen LogP contribution >= 0.6 is 0 Å². The van der Waals surface area contributed by atoms with Crippen molar-refractivity contribution in [1.82, 2.24) is 4.98 Å². The van der Waals surface area contributed by atoms with Crippen molar-refractivity contribution >= 4 is 5.69 Å². The van der Waals surface area contributed by atoms with Gasteiger partial charge < -0.3 is 15.4 Å². The van der Waals surface area contributed by atoms with Gasteiger partial charge in [0.1, 0.15) is 0 Å². The van der Waals surface area contributed by atoms with E-state index >= 15 is 0 Å². The monoisotopic (exact) mass is 249 g/mol. The van der Waals surface area contributed by atoms with Gasteiger partial charge in [-0.25, -0.2) is 0 Å². The van der Waals surface area contributed by atoms with Gasteiger partial charge in [-0.05, 0) is 37.8 Å². The molecule has 2 rings (SSSR count). The molecule has 1 fully saturated rings. The molecule has 0 amide bonds. The van der Waals surface area contributed by atoms with Gasteiger partial charge in [0.25, 0.3) is 0 Å². The Balaban J connectivity index is 1.93. The predicted octanol–water partition coefficient (Wildman–Crippen LogP) is 1.96. The van der Waals surface area contributed by atoms with Gasteiger partial charge in [-0.2, -0.15) is 0 Å². The quantitative estimate of drug-likeness (QED) is 0.886. The van der Waals surface area contributed by atoms with Crippen LogP contribution in [0.4, 0.5) is 5.69 Å². The summed E-state index contributed by atoms with van der Waals surface area (Å²) in [6.07, 6.45) is 4.35. The minimum absolute atomic E-state index is 0.00361. The van der Waals surface area contributed by atoms with E-state index in [9.17, 15) is 0 Å². The summed E-state index contributed by atoms with van der Waals surface area (Å²) in [7, 11) is 2.11. The Morgan fingerprint density at radius 2 is 2.39 bits per heavy atom.